The van der Waals surface area contributed by atoms with Crippen LogP contribution in [0.1, 0.15) is 0 Å². The van der Waals surface area contributed by atoms with Crippen molar-refractivity contribution < 1.29 is 14.3 Å². The molecule has 2 heterocycles. The second-order valence-corrected chi connectivity index (χ2v) is 5.96. The Hall–Kier alpha value is -2.12. The Morgan fingerprint density at radius 2 is 2.36 bits per heavy atom. The minimum absolute atomic E-state index is 0.0917. The van der Waals surface area contributed by atoms with Crippen LogP contribution in [-0.2, 0) is 9.59 Å². The number of nitrogens with zero attached hydrogens (tertiary/aromatic N) is 3. The molecular formula is C14H12ClN3O3S. The maximum Gasteiger partial charge on any atom is 0.265 e. The summed E-state index contributed by atoms with van der Waals surface area (Å²) in [5, 5.41) is 2.84. The van der Waals surface area contributed by atoms with Gasteiger partial charge in [-0.05, 0) is 18.2 Å². The molecule has 0 spiro atoms. The van der Waals surface area contributed by atoms with Gasteiger partial charge >= 0.3 is 0 Å². The van der Waals surface area contributed by atoms with Crippen molar-refractivity contribution in [2.75, 3.05) is 30.0 Å². The molecule has 1 aromatic carbocycles. The summed E-state index contributed by atoms with van der Waals surface area (Å²) in [5.74, 6) is 0.0143. The number of aromatic nitrogens is 1. The number of ether oxygens (including phenoxy) is 1. The zero-order chi connectivity index (χ0) is 15.7. The fourth-order valence-electron chi connectivity index (χ4n) is 2.08. The molecule has 1 aliphatic rings. The lowest BCUT2D eigenvalue weighted by atomic mass is 10.2. The van der Waals surface area contributed by atoms with E-state index in [1.807, 2.05) is 0 Å². The van der Waals surface area contributed by atoms with Crippen LogP contribution >= 0.6 is 22.9 Å². The van der Waals surface area contributed by atoms with E-state index in [2.05, 4.69) is 4.98 Å². The molecule has 0 unspecified atom stereocenters. The van der Waals surface area contributed by atoms with Gasteiger partial charge < -0.3 is 4.74 Å². The van der Waals surface area contributed by atoms with Crippen LogP contribution in [0.25, 0.3) is 0 Å². The Kier molecular flexibility index (Phi) is 4.00. The fourth-order valence-corrected chi connectivity index (χ4v) is 2.87. The summed E-state index contributed by atoms with van der Waals surface area (Å²) in [5.41, 5.74) is 0.504. The van der Waals surface area contributed by atoms with Gasteiger partial charge in [-0.25, -0.2) is 4.98 Å². The molecule has 0 saturated carbocycles. The van der Waals surface area contributed by atoms with Crippen molar-refractivity contribution in [2.45, 2.75) is 0 Å². The number of likely N-dealkylation sites (N-methyl/N-ethyl adjacent to an activating group) is 1. The van der Waals surface area contributed by atoms with Gasteiger partial charge in [0, 0.05) is 23.6 Å². The number of benzene rings is 1. The van der Waals surface area contributed by atoms with Crippen molar-refractivity contribution in [3.8, 4) is 5.75 Å². The third-order valence-electron chi connectivity index (χ3n) is 3.24. The van der Waals surface area contributed by atoms with E-state index < -0.39 is 0 Å². The SMILES string of the molecule is CN(C(=O)CN1C(=O)COc2ccc(Cl)cc21)c1nccs1. The lowest BCUT2D eigenvalue weighted by Crippen LogP contribution is -2.45. The Morgan fingerprint density at radius 1 is 1.55 bits per heavy atom. The minimum Gasteiger partial charge on any atom is -0.482 e. The van der Waals surface area contributed by atoms with E-state index >= 15 is 0 Å². The Bertz CT molecular complexity index is 720. The zero-order valence-electron chi connectivity index (χ0n) is 11.7. The first-order valence-corrected chi connectivity index (χ1v) is 7.71. The number of anilines is 2. The molecule has 0 atom stereocenters. The zero-order valence-corrected chi connectivity index (χ0v) is 13.2. The van der Waals surface area contributed by atoms with Crippen molar-refractivity contribution in [3.63, 3.8) is 0 Å². The van der Waals surface area contributed by atoms with Crippen LogP contribution < -0.4 is 14.5 Å². The monoisotopic (exact) mass is 337 g/mol. The van der Waals surface area contributed by atoms with Crippen molar-refractivity contribution >= 4 is 45.6 Å². The molecule has 8 heteroatoms. The largest absolute Gasteiger partial charge is 0.482 e. The maximum atomic E-state index is 12.4. The molecule has 114 valence electrons. The first-order valence-electron chi connectivity index (χ1n) is 6.45. The normalized spacial score (nSPS) is 13.5. The van der Waals surface area contributed by atoms with Gasteiger partial charge in [0.1, 0.15) is 12.3 Å². The van der Waals surface area contributed by atoms with Crippen LogP contribution in [0.4, 0.5) is 10.8 Å². The molecule has 1 aromatic heterocycles. The van der Waals surface area contributed by atoms with Crippen molar-refractivity contribution in [1.82, 2.24) is 4.98 Å². The van der Waals surface area contributed by atoms with Gasteiger partial charge in [0.05, 0.1) is 5.69 Å². The quantitative estimate of drug-likeness (QED) is 0.861. The summed E-state index contributed by atoms with van der Waals surface area (Å²) in [6.45, 7) is -0.186. The summed E-state index contributed by atoms with van der Waals surface area (Å²) in [6, 6.07) is 4.98. The highest BCUT2D eigenvalue weighted by molar-refractivity contribution is 7.13. The van der Waals surface area contributed by atoms with Crippen LogP contribution in [0.5, 0.6) is 5.75 Å². The molecular weight excluding hydrogens is 326 g/mol. The van der Waals surface area contributed by atoms with Gasteiger partial charge in [-0.2, -0.15) is 0 Å². The molecule has 0 bridgehead atoms. The Balaban J connectivity index is 1.84. The van der Waals surface area contributed by atoms with Gasteiger partial charge in [-0.1, -0.05) is 11.6 Å². The molecule has 6 nitrogen and oxygen atoms in total. The third-order valence-corrected chi connectivity index (χ3v) is 4.32. The van der Waals surface area contributed by atoms with Crippen molar-refractivity contribution in [3.05, 3.63) is 34.8 Å². The molecule has 22 heavy (non-hydrogen) atoms. The number of hydrogen-bond acceptors (Lipinski definition) is 5. The number of thiazole rings is 1. The lowest BCUT2D eigenvalue weighted by Gasteiger charge is -2.30. The molecule has 2 aromatic rings. The highest BCUT2D eigenvalue weighted by Crippen LogP contribution is 2.34. The number of carbonyl (C=O) groups excluding carboxylic acids is 2. The smallest absolute Gasteiger partial charge is 0.265 e. The van der Waals surface area contributed by atoms with Crippen molar-refractivity contribution in [2.24, 2.45) is 0 Å². The van der Waals surface area contributed by atoms with E-state index in [9.17, 15) is 9.59 Å². The summed E-state index contributed by atoms with van der Waals surface area (Å²) in [4.78, 5) is 31.4. The molecule has 0 fully saturated rings. The highest BCUT2D eigenvalue weighted by Gasteiger charge is 2.29. The summed E-state index contributed by atoms with van der Waals surface area (Å²) in [7, 11) is 1.63. The molecule has 2 amide bonds. The Labute approximate surface area is 135 Å². The molecule has 1 aliphatic heterocycles. The number of hydrogen-bond donors (Lipinski definition) is 0. The average Bonchev–Trinajstić information content (AvgIpc) is 3.03. The van der Waals surface area contributed by atoms with Crippen molar-refractivity contribution in [1.29, 1.82) is 0 Å². The molecule has 0 saturated heterocycles. The summed E-state index contributed by atoms with van der Waals surface area (Å²) >= 11 is 7.33. The van der Waals surface area contributed by atoms with Gasteiger partial charge in [0.25, 0.3) is 5.91 Å². The topological polar surface area (TPSA) is 62.7 Å². The lowest BCUT2D eigenvalue weighted by molar-refractivity contribution is -0.124. The van der Waals surface area contributed by atoms with Crippen LogP contribution in [0.2, 0.25) is 5.02 Å². The van der Waals surface area contributed by atoms with Crippen LogP contribution in [0.15, 0.2) is 29.8 Å². The first-order chi connectivity index (χ1) is 10.6. The second-order valence-electron chi connectivity index (χ2n) is 4.65. The number of amides is 2. The summed E-state index contributed by atoms with van der Waals surface area (Å²) in [6.07, 6.45) is 1.62. The number of fused-ring (bicyclic) bond motifs is 1. The van der Waals surface area contributed by atoms with E-state index in [0.29, 0.717) is 21.6 Å². The second kappa shape index (κ2) is 5.94. The predicted molar refractivity (Wildman–Crippen MR) is 84.8 cm³/mol. The van der Waals surface area contributed by atoms with Crippen LogP contribution in [0, 0.1) is 0 Å². The standard InChI is InChI=1S/C14H12ClN3O3S/c1-17(14-16-4-5-22-14)12(19)7-18-10-6-9(15)2-3-11(10)21-8-13(18)20/h2-6H,7-8H2,1H3. The van der Waals surface area contributed by atoms with E-state index in [1.54, 1.807) is 36.8 Å². The minimum atomic E-state index is -0.282. The number of carbonyl (C=O) groups is 2. The molecule has 0 N–H and O–H groups in total. The van der Waals surface area contributed by atoms with Gasteiger partial charge in [-0.15, -0.1) is 11.3 Å². The maximum absolute atomic E-state index is 12.4. The van der Waals surface area contributed by atoms with Gasteiger partial charge in [-0.3, -0.25) is 19.4 Å². The Morgan fingerprint density at radius 3 is 3.09 bits per heavy atom. The van der Waals surface area contributed by atoms with E-state index in [0.717, 1.165) is 0 Å². The van der Waals surface area contributed by atoms with Crippen LogP contribution in [-0.4, -0.2) is 37.0 Å². The summed E-state index contributed by atoms with van der Waals surface area (Å²) < 4.78 is 5.35. The van der Waals surface area contributed by atoms with E-state index in [-0.39, 0.29) is 25.0 Å². The highest BCUT2D eigenvalue weighted by atomic mass is 35.5. The van der Waals surface area contributed by atoms with E-state index in [4.69, 9.17) is 16.3 Å². The third kappa shape index (κ3) is 2.77. The van der Waals surface area contributed by atoms with Crippen LogP contribution in [0.3, 0.4) is 0 Å². The first kappa shape index (κ1) is 14.8. The van der Waals surface area contributed by atoms with E-state index in [1.165, 1.54) is 21.1 Å². The molecule has 0 aliphatic carbocycles. The molecule has 3 rings (SSSR count). The average molecular weight is 338 g/mol. The molecule has 0 radical (unpaired) electrons. The fraction of sp³-hybridized carbons (Fsp3) is 0.214. The number of halogens is 1. The van der Waals surface area contributed by atoms with Gasteiger partial charge in [0.2, 0.25) is 5.91 Å². The number of rotatable bonds is 3. The van der Waals surface area contributed by atoms with Gasteiger partial charge in [0.15, 0.2) is 11.7 Å². The predicted octanol–water partition coefficient (Wildman–Crippen LogP) is 2.18.